The molecular formula is C58H102N12O13. The van der Waals surface area contributed by atoms with Crippen molar-refractivity contribution in [1.82, 2.24) is 57.7 Å². The summed E-state index contributed by atoms with van der Waals surface area (Å²) in [6, 6.07) is -8.50. The molecule has 0 aromatic rings. The van der Waals surface area contributed by atoms with Crippen LogP contribution in [-0.2, 0) is 57.5 Å². The molecule has 0 unspecified atom stereocenters. The van der Waals surface area contributed by atoms with Gasteiger partial charge in [-0.15, -0.1) is 0 Å². The highest BCUT2D eigenvalue weighted by Crippen LogP contribution is 2.25. The molecule has 2 rings (SSSR count). The molecule has 2 aliphatic rings. The van der Waals surface area contributed by atoms with Crippen molar-refractivity contribution in [2.45, 2.75) is 247 Å². The molecule has 2 saturated heterocycles. The third kappa shape index (κ3) is 22.3. The molecule has 0 radical (unpaired) electrons. The van der Waals surface area contributed by atoms with Gasteiger partial charge in [0.15, 0.2) is 0 Å². The Balaban J connectivity index is 2.30. The Bertz CT molecular complexity index is 2320. The third-order valence-corrected chi connectivity index (χ3v) is 15.0. The van der Waals surface area contributed by atoms with Crippen LogP contribution in [0.5, 0.6) is 0 Å². The van der Waals surface area contributed by atoms with Crippen molar-refractivity contribution in [1.29, 1.82) is 0 Å². The fourth-order valence-corrected chi connectivity index (χ4v) is 10.3. The van der Waals surface area contributed by atoms with E-state index in [-0.39, 0.29) is 75.5 Å². The molecule has 0 bridgehead atoms. The quantitative estimate of drug-likeness (QED) is 0.0442. The minimum absolute atomic E-state index is 0.109. The lowest BCUT2D eigenvalue weighted by Crippen LogP contribution is -2.64. The van der Waals surface area contributed by atoms with Gasteiger partial charge in [-0.3, -0.25) is 57.5 Å². The second kappa shape index (κ2) is 32.0. The first-order chi connectivity index (χ1) is 38.3. The van der Waals surface area contributed by atoms with Gasteiger partial charge in [0.2, 0.25) is 70.9 Å². The average Bonchev–Trinajstić information content (AvgIpc) is 4.34. The van der Waals surface area contributed by atoms with E-state index in [1.807, 2.05) is 41.5 Å². The van der Waals surface area contributed by atoms with E-state index in [1.54, 1.807) is 27.7 Å². The van der Waals surface area contributed by atoms with E-state index in [0.717, 1.165) is 0 Å². The van der Waals surface area contributed by atoms with Crippen molar-refractivity contribution >= 4 is 70.9 Å². The maximum atomic E-state index is 14.5. The Morgan fingerprint density at radius 1 is 0.530 bits per heavy atom. The zero-order chi connectivity index (χ0) is 63.6. The molecule has 0 saturated carbocycles. The van der Waals surface area contributed by atoms with Crippen LogP contribution in [0.4, 0.5) is 0 Å². The van der Waals surface area contributed by atoms with Gasteiger partial charge < -0.3 is 68.5 Å². The van der Waals surface area contributed by atoms with Gasteiger partial charge in [0.1, 0.15) is 58.9 Å². The number of aliphatic hydroxyl groups is 1. The number of carbonyl (C=O) groups is 12. The first kappa shape index (κ1) is 72.7. The molecule has 25 heteroatoms. The number of likely N-dealkylation sites (tertiary alicyclic amines) is 2. The van der Waals surface area contributed by atoms with Crippen molar-refractivity contribution in [2.24, 2.45) is 35.3 Å². The van der Waals surface area contributed by atoms with Crippen LogP contribution in [0.3, 0.4) is 0 Å². The molecular weight excluding hydrogens is 1070 g/mol. The van der Waals surface area contributed by atoms with E-state index >= 15 is 0 Å². The Morgan fingerprint density at radius 3 is 1.41 bits per heavy atom. The molecule has 2 heterocycles. The Labute approximate surface area is 491 Å². The predicted octanol–water partition coefficient (Wildman–Crippen LogP) is 0.680. The van der Waals surface area contributed by atoms with E-state index in [4.69, 9.17) is 5.73 Å². The molecule has 2 fully saturated rings. The number of aliphatic hydroxyl groups excluding tert-OH is 1. The maximum Gasteiger partial charge on any atom is 0.248 e. The molecule has 0 spiro atoms. The van der Waals surface area contributed by atoms with Crippen LogP contribution in [0.15, 0.2) is 0 Å². The summed E-state index contributed by atoms with van der Waals surface area (Å²) in [5.41, 5.74) is 0.745. The number of hydrogen-bond donors (Lipinski definition) is 11. The number of rotatable bonds is 32. The van der Waals surface area contributed by atoms with Crippen molar-refractivity contribution in [2.75, 3.05) is 19.7 Å². The summed E-state index contributed by atoms with van der Waals surface area (Å²) in [5, 5.41) is 34.4. The molecule has 0 aromatic carbocycles. The number of carbonyl (C=O) groups excluding carboxylic acids is 12. The van der Waals surface area contributed by atoms with Gasteiger partial charge in [0.25, 0.3) is 0 Å². The van der Waals surface area contributed by atoms with Gasteiger partial charge in [-0.05, 0) is 122 Å². The number of primary amides is 1. The van der Waals surface area contributed by atoms with Crippen LogP contribution in [0, 0.1) is 29.6 Å². The van der Waals surface area contributed by atoms with Gasteiger partial charge in [-0.1, -0.05) is 75.7 Å². The van der Waals surface area contributed by atoms with Crippen LogP contribution in [0.2, 0.25) is 0 Å². The number of nitrogens with two attached hydrogens (primary N) is 1. The minimum atomic E-state index is -1.65. The average molecular weight is 1180 g/mol. The summed E-state index contributed by atoms with van der Waals surface area (Å²) in [4.78, 5) is 167. The SMILES string of the molecule is CC[C@H](C)[C@H](NC(=O)[C@@H](NC(=O)[C@H](CCC(N)=O)NC(=O)C(C)(C)NC(C)=O)C(C)C)C(=O)NC(C)(C)C(=O)N1CCC[C@H]1C(=O)N[C@@H](CC(C)C)C(=O)N[C@@H](CC(C)C)C(=O)NC(C)(C)C(=O)N1CCC[C@H]1C(=O)N[C@H](CO)CC(C)C. The number of nitrogens with zero attached hydrogens (tertiary/aromatic N) is 2. The van der Waals surface area contributed by atoms with Crippen molar-refractivity contribution in [3.63, 3.8) is 0 Å². The zero-order valence-electron chi connectivity index (χ0n) is 52.5. The van der Waals surface area contributed by atoms with E-state index < -0.39 is 142 Å². The second-order valence-corrected chi connectivity index (χ2v) is 25.9. The number of amides is 12. The summed E-state index contributed by atoms with van der Waals surface area (Å²) in [7, 11) is 0. The fraction of sp³-hybridized carbons (Fsp3) is 0.793. The van der Waals surface area contributed by atoms with Crippen molar-refractivity contribution < 1.29 is 62.6 Å². The smallest absolute Gasteiger partial charge is 0.248 e. The lowest BCUT2D eigenvalue weighted by molar-refractivity contribution is -0.146. The lowest BCUT2D eigenvalue weighted by atomic mass is 9.94. The zero-order valence-corrected chi connectivity index (χ0v) is 52.5. The number of hydrogen-bond acceptors (Lipinski definition) is 13. The molecule has 25 nitrogen and oxygen atoms in total. The van der Waals surface area contributed by atoms with Crippen LogP contribution >= 0.6 is 0 Å². The van der Waals surface area contributed by atoms with E-state index in [0.29, 0.717) is 32.1 Å². The van der Waals surface area contributed by atoms with E-state index in [2.05, 4.69) is 47.9 Å². The highest BCUT2D eigenvalue weighted by Gasteiger charge is 2.46. The summed E-state index contributed by atoms with van der Waals surface area (Å²) < 4.78 is 0. The molecule has 472 valence electrons. The largest absolute Gasteiger partial charge is 0.394 e. The van der Waals surface area contributed by atoms with Crippen LogP contribution in [-0.4, -0.2) is 170 Å². The molecule has 83 heavy (non-hydrogen) atoms. The van der Waals surface area contributed by atoms with Crippen molar-refractivity contribution in [3.8, 4) is 0 Å². The monoisotopic (exact) mass is 1170 g/mol. The molecule has 9 atom stereocenters. The van der Waals surface area contributed by atoms with Crippen LogP contribution < -0.4 is 53.6 Å². The minimum Gasteiger partial charge on any atom is -0.394 e. The van der Waals surface area contributed by atoms with Gasteiger partial charge in [-0.2, -0.15) is 0 Å². The highest BCUT2D eigenvalue weighted by molar-refractivity contribution is 6.01. The highest BCUT2D eigenvalue weighted by atomic mass is 16.3. The van der Waals surface area contributed by atoms with Crippen LogP contribution in [0.1, 0.15) is 182 Å². The normalized spacial score (nSPS) is 18.2. The van der Waals surface area contributed by atoms with Crippen LogP contribution in [0.25, 0.3) is 0 Å². The standard InChI is InChI=1S/C58H102N12O13/c1-18-35(10)45(65-51(79)44(34(8)9)64-46(74)38(23-24-43(59)73)63-53(81)56(12,13)66-36(11)72)52(80)68-58(16,17)55(83)70-26-20-22-42(70)50(78)62-39(28-32(4)5)47(75)61-40(29-33(6)7)48(76)67-57(14,15)54(82)69-25-19-21-41(69)49(77)60-37(30-71)27-31(2)3/h31-35,37-42,44-45,71H,18-30H2,1-17H3,(H2,59,73)(H,60,77)(H,61,75)(H,62,78)(H,63,81)(H,64,74)(H,65,79)(H,66,72)(H,67,76)(H,68,80)/t35-,37-,38-,39-,40-,41-,42-,44-,45-/m0/s1. The van der Waals surface area contributed by atoms with Gasteiger partial charge in [-0.25, -0.2) is 0 Å². The number of nitrogens with one attached hydrogen (secondary N) is 9. The first-order valence-electron chi connectivity index (χ1n) is 29.6. The van der Waals surface area contributed by atoms with E-state index in [1.165, 1.54) is 58.3 Å². The lowest BCUT2D eigenvalue weighted by Gasteiger charge is -2.36. The topological polar surface area (TPSA) is 366 Å². The molecule has 12 amide bonds. The summed E-state index contributed by atoms with van der Waals surface area (Å²) in [6.07, 6.45) is 2.34. The maximum absolute atomic E-state index is 14.5. The summed E-state index contributed by atoms with van der Waals surface area (Å²) in [5.74, 6) is -8.86. The molecule has 12 N–H and O–H groups in total. The second-order valence-electron chi connectivity index (χ2n) is 25.9. The summed E-state index contributed by atoms with van der Waals surface area (Å²) >= 11 is 0. The molecule has 0 aliphatic carbocycles. The Kier molecular flexibility index (Phi) is 28.1. The van der Waals surface area contributed by atoms with E-state index in [9.17, 15) is 62.6 Å². The molecule has 2 aliphatic heterocycles. The Hall–Kier alpha value is -6.40. The molecule has 0 aromatic heterocycles. The predicted molar refractivity (Wildman–Crippen MR) is 312 cm³/mol. The van der Waals surface area contributed by atoms with Gasteiger partial charge in [0, 0.05) is 26.4 Å². The van der Waals surface area contributed by atoms with Gasteiger partial charge in [0.05, 0.1) is 12.6 Å². The summed E-state index contributed by atoms with van der Waals surface area (Å²) in [6.45, 7) is 28.4. The van der Waals surface area contributed by atoms with Crippen molar-refractivity contribution in [3.05, 3.63) is 0 Å². The Morgan fingerprint density at radius 2 is 0.976 bits per heavy atom. The first-order valence-corrected chi connectivity index (χ1v) is 29.6. The van der Waals surface area contributed by atoms with Gasteiger partial charge >= 0.3 is 0 Å². The third-order valence-electron chi connectivity index (χ3n) is 15.0. The fourth-order valence-electron chi connectivity index (χ4n) is 10.3.